The Morgan fingerprint density at radius 3 is 2.73 bits per heavy atom. The summed E-state index contributed by atoms with van der Waals surface area (Å²) in [7, 11) is 3.39. The molecule has 0 N–H and O–H groups in total. The van der Waals surface area contributed by atoms with E-state index in [2.05, 4.69) is 11.9 Å². The Kier molecular flexibility index (Phi) is 5.43. The van der Waals surface area contributed by atoms with Crippen molar-refractivity contribution in [3.05, 3.63) is 0 Å². The summed E-state index contributed by atoms with van der Waals surface area (Å²) < 4.78 is 0. The second-order valence-corrected chi connectivity index (χ2v) is 2.50. The zero-order chi connectivity index (χ0) is 8.69. The van der Waals surface area contributed by atoms with Gasteiger partial charge in [-0.05, 0) is 6.42 Å². The number of amides is 1. The lowest BCUT2D eigenvalue weighted by atomic mass is 10.3. The fraction of sp³-hybridized carbons (Fsp3) is 0.750. The molecule has 0 rings (SSSR count). The molecular weight excluding hydrogens is 140 g/mol. The molecule has 0 aliphatic heterocycles. The van der Waals surface area contributed by atoms with E-state index in [4.69, 9.17) is 0 Å². The van der Waals surface area contributed by atoms with Crippen molar-refractivity contribution in [1.29, 1.82) is 0 Å². The summed E-state index contributed by atoms with van der Waals surface area (Å²) in [4.78, 5) is 16.4. The van der Waals surface area contributed by atoms with Crippen LogP contribution < -0.4 is 0 Å². The van der Waals surface area contributed by atoms with Crippen molar-refractivity contribution >= 4 is 12.1 Å². The Morgan fingerprint density at radius 2 is 2.27 bits per heavy atom. The molecule has 3 heteroatoms. The minimum atomic E-state index is -0.0130. The first kappa shape index (κ1) is 10.1. The molecule has 0 unspecified atom stereocenters. The van der Waals surface area contributed by atoms with Gasteiger partial charge in [-0.15, -0.1) is 0 Å². The normalized spacial score (nSPS) is 10.5. The van der Waals surface area contributed by atoms with Gasteiger partial charge in [-0.2, -0.15) is 0 Å². The van der Waals surface area contributed by atoms with Gasteiger partial charge in [0.1, 0.15) is 0 Å². The lowest BCUT2D eigenvalue weighted by Gasteiger charge is -2.13. The molecule has 3 nitrogen and oxygen atoms in total. The van der Waals surface area contributed by atoms with Crippen LogP contribution >= 0.6 is 0 Å². The number of hydrogen-bond acceptors (Lipinski definition) is 2. The largest absolute Gasteiger partial charge is 0.341 e. The summed E-state index contributed by atoms with van der Waals surface area (Å²) in [6.07, 6.45) is 3.51. The van der Waals surface area contributed by atoms with Crippen LogP contribution in [0.25, 0.3) is 0 Å². The Hall–Kier alpha value is -0.860. The molecule has 0 atom stereocenters. The molecule has 0 aromatic rings. The summed E-state index contributed by atoms with van der Waals surface area (Å²) in [5.74, 6) is -0.0130. The van der Waals surface area contributed by atoms with Crippen molar-refractivity contribution in [3.63, 3.8) is 0 Å². The van der Waals surface area contributed by atoms with Crippen LogP contribution in [0.4, 0.5) is 0 Å². The maximum absolute atomic E-state index is 11.0. The van der Waals surface area contributed by atoms with Crippen molar-refractivity contribution in [3.8, 4) is 0 Å². The number of carbonyl (C=O) groups excluding carboxylic acids is 1. The summed E-state index contributed by atoms with van der Waals surface area (Å²) in [5, 5.41) is 0. The molecule has 1 amide bonds. The zero-order valence-electron chi connectivity index (χ0n) is 7.50. The first-order valence-corrected chi connectivity index (χ1v) is 3.89. The van der Waals surface area contributed by atoms with Crippen molar-refractivity contribution in [1.82, 2.24) is 4.90 Å². The third-order valence-corrected chi connectivity index (χ3v) is 1.46. The van der Waals surface area contributed by atoms with Crippen molar-refractivity contribution < 1.29 is 4.79 Å². The lowest BCUT2D eigenvalue weighted by Crippen LogP contribution is -2.28. The number of hydrogen-bond donors (Lipinski definition) is 0. The van der Waals surface area contributed by atoms with E-state index in [1.165, 1.54) is 6.21 Å². The van der Waals surface area contributed by atoms with Crippen molar-refractivity contribution in [2.75, 3.05) is 20.6 Å². The average Bonchev–Trinajstić information content (AvgIpc) is 2.00. The number of carbonyl (C=O) groups is 1. The van der Waals surface area contributed by atoms with Gasteiger partial charge in [0.25, 0.3) is 5.91 Å². The van der Waals surface area contributed by atoms with Gasteiger partial charge in [0, 0.05) is 20.6 Å². The SMILES string of the molecule is CCCCN(C)C(=O)/C=N/C. The summed E-state index contributed by atoms with van der Waals surface area (Å²) in [6, 6.07) is 0. The minimum Gasteiger partial charge on any atom is -0.341 e. The van der Waals surface area contributed by atoms with Gasteiger partial charge in [-0.1, -0.05) is 13.3 Å². The van der Waals surface area contributed by atoms with Crippen LogP contribution in [0.5, 0.6) is 0 Å². The Bertz CT molecular complexity index is 143. The smallest absolute Gasteiger partial charge is 0.264 e. The molecule has 0 spiro atoms. The molecule has 0 heterocycles. The van der Waals surface area contributed by atoms with E-state index in [0.717, 1.165) is 19.4 Å². The van der Waals surface area contributed by atoms with E-state index >= 15 is 0 Å². The van der Waals surface area contributed by atoms with Crippen LogP contribution in [0, 0.1) is 0 Å². The highest BCUT2D eigenvalue weighted by molar-refractivity contribution is 6.25. The maximum Gasteiger partial charge on any atom is 0.264 e. The summed E-state index contributed by atoms with van der Waals surface area (Å²) >= 11 is 0. The van der Waals surface area contributed by atoms with Crippen LogP contribution in [-0.4, -0.2) is 37.7 Å². The maximum atomic E-state index is 11.0. The van der Waals surface area contributed by atoms with Gasteiger partial charge < -0.3 is 4.90 Å². The Morgan fingerprint density at radius 1 is 1.64 bits per heavy atom. The average molecular weight is 156 g/mol. The van der Waals surface area contributed by atoms with Gasteiger partial charge in [0.05, 0.1) is 6.21 Å². The zero-order valence-corrected chi connectivity index (χ0v) is 7.50. The first-order chi connectivity index (χ1) is 5.22. The highest BCUT2D eigenvalue weighted by Crippen LogP contribution is 1.90. The topological polar surface area (TPSA) is 32.7 Å². The third kappa shape index (κ3) is 4.53. The molecule has 0 aromatic carbocycles. The highest BCUT2D eigenvalue weighted by atomic mass is 16.2. The number of rotatable bonds is 4. The second-order valence-electron chi connectivity index (χ2n) is 2.50. The molecule has 0 saturated carbocycles. The number of nitrogens with zero attached hydrogens (tertiary/aromatic N) is 2. The quantitative estimate of drug-likeness (QED) is 0.558. The second kappa shape index (κ2) is 5.89. The van der Waals surface area contributed by atoms with Crippen molar-refractivity contribution in [2.24, 2.45) is 4.99 Å². The first-order valence-electron chi connectivity index (χ1n) is 3.89. The molecule has 64 valence electrons. The number of aliphatic imine (C=N–C) groups is 1. The van der Waals surface area contributed by atoms with Crippen LogP contribution in [0.3, 0.4) is 0 Å². The van der Waals surface area contributed by atoms with E-state index in [0.29, 0.717) is 0 Å². The lowest BCUT2D eigenvalue weighted by molar-refractivity contribution is -0.122. The van der Waals surface area contributed by atoms with Gasteiger partial charge in [-0.25, -0.2) is 0 Å². The molecule has 0 aliphatic rings. The predicted molar refractivity (Wildman–Crippen MR) is 47.0 cm³/mol. The van der Waals surface area contributed by atoms with E-state index in [-0.39, 0.29) is 5.91 Å². The van der Waals surface area contributed by atoms with E-state index < -0.39 is 0 Å². The third-order valence-electron chi connectivity index (χ3n) is 1.46. The fourth-order valence-corrected chi connectivity index (χ4v) is 0.714. The molecule has 0 fully saturated rings. The molecule has 11 heavy (non-hydrogen) atoms. The van der Waals surface area contributed by atoms with Gasteiger partial charge >= 0.3 is 0 Å². The number of unbranched alkanes of at least 4 members (excludes halogenated alkanes) is 1. The van der Waals surface area contributed by atoms with Gasteiger partial charge in [-0.3, -0.25) is 9.79 Å². The van der Waals surface area contributed by atoms with Crippen LogP contribution in [0.15, 0.2) is 4.99 Å². The molecule has 0 saturated heterocycles. The van der Waals surface area contributed by atoms with Crippen LogP contribution in [0.2, 0.25) is 0 Å². The van der Waals surface area contributed by atoms with E-state index in [9.17, 15) is 4.79 Å². The van der Waals surface area contributed by atoms with E-state index in [1.54, 1.807) is 19.0 Å². The highest BCUT2D eigenvalue weighted by Gasteiger charge is 2.02. The minimum absolute atomic E-state index is 0.0130. The Labute approximate surface area is 68.1 Å². The molecular formula is C8H16N2O. The van der Waals surface area contributed by atoms with Gasteiger partial charge in [0.2, 0.25) is 0 Å². The van der Waals surface area contributed by atoms with Gasteiger partial charge in [0.15, 0.2) is 0 Å². The molecule has 0 radical (unpaired) electrons. The standard InChI is InChI=1S/C8H16N2O/c1-4-5-6-10(3)8(11)7-9-2/h7H,4-6H2,1-3H3/b9-7+. The monoisotopic (exact) mass is 156 g/mol. The predicted octanol–water partition coefficient (Wildman–Crippen LogP) is 0.946. The summed E-state index contributed by atoms with van der Waals surface area (Å²) in [5.41, 5.74) is 0. The van der Waals surface area contributed by atoms with Crippen LogP contribution in [-0.2, 0) is 4.79 Å². The molecule has 0 bridgehead atoms. The molecule has 0 aromatic heterocycles. The Balaban J connectivity index is 3.64. The summed E-state index contributed by atoms with van der Waals surface area (Å²) in [6.45, 7) is 2.92. The van der Waals surface area contributed by atoms with Crippen molar-refractivity contribution in [2.45, 2.75) is 19.8 Å². The van der Waals surface area contributed by atoms with Crippen LogP contribution in [0.1, 0.15) is 19.8 Å². The van der Waals surface area contributed by atoms with E-state index in [1.807, 2.05) is 0 Å². The molecule has 0 aliphatic carbocycles. The fourth-order valence-electron chi connectivity index (χ4n) is 0.714.